The van der Waals surface area contributed by atoms with Crippen molar-refractivity contribution in [2.24, 2.45) is 0 Å². The summed E-state index contributed by atoms with van der Waals surface area (Å²) < 4.78 is 4.55. The Balaban J connectivity index is -0.0000000600. The van der Waals surface area contributed by atoms with E-state index in [9.17, 15) is 4.79 Å². The van der Waals surface area contributed by atoms with E-state index < -0.39 is 0 Å². The van der Waals surface area contributed by atoms with Crippen LogP contribution in [-0.2, 0) is 9.53 Å². The van der Waals surface area contributed by atoms with Gasteiger partial charge < -0.3 is 7.59 Å². The molecular weight excluding hydrogens is 132 g/mol. The summed E-state index contributed by atoms with van der Waals surface area (Å²) in [7, 11) is 0. The van der Waals surface area contributed by atoms with Gasteiger partial charge in [0.1, 0.15) is 0 Å². The van der Waals surface area contributed by atoms with E-state index in [0.717, 1.165) is 6.42 Å². The Hall–Kier alpha value is 0.730. The van der Waals surface area contributed by atoms with Crippen molar-refractivity contribution < 1.29 is 12.4 Å². The molecule has 0 aliphatic carbocycles. The number of hydrogen-bond acceptors (Lipinski definition) is 2. The first-order valence-corrected chi connectivity index (χ1v) is 2.40. The molecule has 0 unspecified atom stereocenters. The summed E-state index contributed by atoms with van der Waals surface area (Å²) in [6.45, 7) is 3.92. The van der Waals surface area contributed by atoms with Gasteiger partial charge in [0.25, 0.3) is 0 Å². The summed E-state index contributed by atoms with van der Waals surface area (Å²) in [6, 6.07) is 0. The summed E-state index contributed by atoms with van der Waals surface area (Å²) in [5, 5.41) is 0. The van der Waals surface area contributed by atoms with Crippen molar-refractivity contribution in [1.82, 2.24) is 0 Å². The van der Waals surface area contributed by atoms with E-state index in [2.05, 4.69) is 4.74 Å². The molecule has 3 heteroatoms. The second-order valence-corrected chi connectivity index (χ2v) is 1.34. The number of carbonyl (C=O) groups is 1. The minimum absolute atomic E-state index is 0. The van der Waals surface area contributed by atoms with Crippen molar-refractivity contribution in [3.8, 4) is 0 Å². The van der Waals surface area contributed by atoms with Crippen molar-refractivity contribution >= 4 is 43.7 Å². The van der Waals surface area contributed by atoms with Gasteiger partial charge in [0.05, 0.1) is 6.61 Å². The molecular formula is C5H12CaO2. The Labute approximate surface area is 82.6 Å². The topological polar surface area (TPSA) is 26.3 Å². The van der Waals surface area contributed by atoms with Gasteiger partial charge in [-0.05, 0) is 6.42 Å². The Kier molecular flexibility index (Phi) is 11.1. The van der Waals surface area contributed by atoms with Crippen molar-refractivity contribution in [3.05, 3.63) is 0 Å². The average Bonchev–Trinajstić information content (AvgIpc) is 1.61. The third kappa shape index (κ3) is 9.88. The van der Waals surface area contributed by atoms with E-state index in [1.54, 1.807) is 0 Å². The van der Waals surface area contributed by atoms with E-state index in [0.29, 0.717) is 6.61 Å². The van der Waals surface area contributed by atoms with Gasteiger partial charge in [0, 0.05) is 6.92 Å². The SMILES string of the molecule is CCCOC(C)=O.[Ca+2].[H-].[H-]. The molecule has 0 aliphatic rings. The number of carbonyl (C=O) groups excluding carboxylic acids is 1. The quantitative estimate of drug-likeness (QED) is 0.423. The second kappa shape index (κ2) is 7.73. The maximum absolute atomic E-state index is 9.98. The molecule has 0 N–H and O–H groups in total. The average molecular weight is 144 g/mol. The van der Waals surface area contributed by atoms with Crippen LogP contribution in [0.5, 0.6) is 0 Å². The number of ether oxygens (including phenoxy) is 1. The second-order valence-electron chi connectivity index (χ2n) is 1.34. The Morgan fingerprint density at radius 1 is 1.75 bits per heavy atom. The zero-order chi connectivity index (χ0) is 5.70. The van der Waals surface area contributed by atoms with Crippen LogP contribution >= 0.6 is 0 Å². The molecule has 46 valence electrons. The van der Waals surface area contributed by atoms with Gasteiger partial charge in [-0.3, -0.25) is 4.79 Å². The standard InChI is InChI=1S/C5H10O2.Ca.2H/c1-3-4-7-5(2)6;;;/h3-4H2,1-2H3;;;/q;+2;2*-1. The van der Waals surface area contributed by atoms with Crippen molar-refractivity contribution in [2.45, 2.75) is 20.3 Å². The van der Waals surface area contributed by atoms with Gasteiger partial charge in [0.15, 0.2) is 0 Å². The zero-order valence-corrected chi connectivity index (χ0v) is 7.65. The molecule has 0 aromatic carbocycles. The molecule has 0 aromatic rings. The number of esters is 1. The minimum atomic E-state index is -0.193. The molecule has 0 amide bonds. The fraction of sp³-hybridized carbons (Fsp3) is 0.800. The summed E-state index contributed by atoms with van der Waals surface area (Å²) in [5.41, 5.74) is 0. The van der Waals surface area contributed by atoms with Gasteiger partial charge in [-0.15, -0.1) is 0 Å². The van der Waals surface area contributed by atoms with E-state index >= 15 is 0 Å². The normalized spacial score (nSPS) is 7.25. The third-order valence-corrected chi connectivity index (χ3v) is 0.509. The maximum Gasteiger partial charge on any atom is 2.00 e. The molecule has 0 radical (unpaired) electrons. The van der Waals surface area contributed by atoms with E-state index in [4.69, 9.17) is 0 Å². The van der Waals surface area contributed by atoms with Gasteiger partial charge >= 0.3 is 43.7 Å². The monoisotopic (exact) mass is 144 g/mol. The molecule has 0 atom stereocenters. The number of rotatable bonds is 2. The van der Waals surface area contributed by atoms with Crippen LogP contribution in [0.1, 0.15) is 23.1 Å². The maximum atomic E-state index is 9.98. The van der Waals surface area contributed by atoms with Crippen LogP contribution in [0.4, 0.5) is 0 Å². The molecule has 0 bridgehead atoms. The molecule has 0 rings (SSSR count). The molecule has 0 fully saturated rings. The van der Waals surface area contributed by atoms with E-state index in [1.165, 1.54) is 6.92 Å². The summed E-state index contributed by atoms with van der Waals surface area (Å²) >= 11 is 0. The van der Waals surface area contributed by atoms with Crippen LogP contribution in [-0.4, -0.2) is 50.3 Å². The first-order chi connectivity index (χ1) is 3.27. The summed E-state index contributed by atoms with van der Waals surface area (Å²) in [5.74, 6) is -0.193. The molecule has 0 spiro atoms. The van der Waals surface area contributed by atoms with E-state index in [-0.39, 0.29) is 46.6 Å². The zero-order valence-electron chi connectivity index (χ0n) is 7.44. The van der Waals surface area contributed by atoms with Crippen molar-refractivity contribution in [3.63, 3.8) is 0 Å². The van der Waals surface area contributed by atoms with Gasteiger partial charge in [-0.2, -0.15) is 0 Å². The van der Waals surface area contributed by atoms with Gasteiger partial charge in [-0.1, -0.05) is 6.92 Å². The van der Waals surface area contributed by atoms with Crippen LogP contribution in [0.2, 0.25) is 0 Å². The Morgan fingerprint density at radius 3 is 2.38 bits per heavy atom. The molecule has 0 saturated carbocycles. The molecule has 2 nitrogen and oxygen atoms in total. The first kappa shape index (κ1) is 11.5. The van der Waals surface area contributed by atoms with Gasteiger partial charge in [-0.25, -0.2) is 0 Å². The van der Waals surface area contributed by atoms with Crippen LogP contribution in [0.25, 0.3) is 0 Å². The van der Waals surface area contributed by atoms with Crippen LogP contribution in [0.15, 0.2) is 0 Å². The third-order valence-electron chi connectivity index (χ3n) is 0.509. The van der Waals surface area contributed by atoms with Crippen LogP contribution in [0, 0.1) is 0 Å². The van der Waals surface area contributed by atoms with Crippen molar-refractivity contribution in [1.29, 1.82) is 0 Å². The van der Waals surface area contributed by atoms with Crippen LogP contribution < -0.4 is 0 Å². The summed E-state index contributed by atoms with van der Waals surface area (Å²) in [6.07, 6.45) is 0.902. The Bertz CT molecular complexity index is 70.7. The minimum Gasteiger partial charge on any atom is -1.00 e. The molecule has 0 heterocycles. The Morgan fingerprint density at radius 2 is 2.25 bits per heavy atom. The molecule has 0 aliphatic heterocycles. The smallest absolute Gasteiger partial charge is 1.00 e. The first-order valence-electron chi connectivity index (χ1n) is 2.40. The predicted octanol–water partition coefficient (Wildman–Crippen LogP) is 0.804. The van der Waals surface area contributed by atoms with Crippen molar-refractivity contribution in [2.75, 3.05) is 6.61 Å². The van der Waals surface area contributed by atoms with E-state index in [1.807, 2.05) is 6.92 Å². The predicted molar refractivity (Wildman–Crippen MR) is 34.9 cm³/mol. The van der Waals surface area contributed by atoms with Crippen LogP contribution in [0.3, 0.4) is 0 Å². The molecule has 0 saturated heterocycles. The molecule has 8 heavy (non-hydrogen) atoms. The summed E-state index contributed by atoms with van der Waals surface area (Å²) in [4.78, 5) is 9.98. The molecule has 0 aromatic heterocycles. The fourth-order valence-electron chi connectivity index (χ4n) is 0.246. The fourth-order valence-corrected chi connectivity index (χ4v) is 0.246. The van der Waals surface area contributed by atoms with Gasteiger partial charge in [0.2, 0.25) is 0 Å². The number of hydrogen-bond donors (Lipinski definition) is 0. The largest absolute Gasteiger partial charge is 2.00 e.